The number of rotatable bonds is 5. The third kappa shape index (κ3) is 4.42. The van der Waals surface area contributed by atoms with Gasteiger partial charge in [0.1, 0.15) is 22.8 Å². The number of nitriles is 1. The fourth-order valence-electron chi connectivity index (χ4n) is 4.69. The van der Waals surface area contributed by atoms with Gasteiger partial charge in [0.2, 0.25) is 0 Å². The number of carbonyl (C=O) groups is 1. The first-order valence-corrected chi connectivity index (χ1v) is 12.0. The second kappa shape index (κ2) is 9.66. The summed E-state index contributed by atoms with van der Waals surface area (Å²) < 4.78 is 30.2. The number of fused-ring (bicyclic) bond motifs is 1. The molecule has 0 atom stereocenters. The van der Waals surface area contributed by atoms with Gasteiger partial charge >= 0.3 is 0 Å². The average molecular weight is 493 g/mol. The van der Waals surface area contributed by atoms with Crippen molar-refractivity contribution in [3.8, 4) is 6.07 Å². The zero-order valence-electron chi connectivity index (χ0n) is 19.9. The fourth-order valence-corrected chi connectivity index (χ4v) is 4.69. The molecule has 1 saturated carbocycles. The molecule has 8 nitrogen and oxygen atoms in total. The number of hydrogen-bond acceptors (Lipinski definition) is 6. The summed E-state index contributed by atoms with van der Waals surface area (Å²) in [4.78, 5) is 35.0. The van der Waals surface area contributed by atoms with Gasteiger partial charge in [-0.3, -0.25) is 14.5 Å². The summed E-state index contributed by atoms with van der Waals surface area (Å²) in [6, 6.07) is 8.43. The van der Waals surface area contributed by atoms with Crippen molar-refractivity contribution in [1.82, 2.24) is 20.2 Å². The minimum absolute atomic E-state index is 0.0725. The van der Waals surface area contributed by atoms with E-state index in [2.05, 4.69) is 20.2 Å². The van der Waals surface area contributed by atoms with Crippen LogP contribution < -0.4 is 15.8 Å². The van der Waals surface area contributed by atoms with E-state index in [1.165, 1.54) is 6.07 Å². The largest absolute Gasteiger partial charge is 0.368 e. The van der Waals surface area contributed by atoms with E-state index in [9.17, 15) is 14.9 Å². The van der Waals surface area contributed by atoms with Crippen molar-refractivity contribution in [3.63, 3.8) is 0 Å². The van der Waals surface area contributed by atoms with E-state index in [0.29, 0.717) is 49.5 Å². The highest BCUT2D eigenvalue weighted by Crippen LogP contribution is 2.28. The van der Waals surface area contributed by atoms with Crippen LogP contribution in [0.1, 0.15) is 46.4 Å². The molecule has 2 N–H and O–H groups in total. The molecule has 36 heavy (non-hydrogen) atoms. The molecule has 0 radical (unpaired) electrons. The van der Waals surface area contributed by atoms with Gasteiger partial charge < -0.3 is 15.2 Å². The number of anilines is 1. The van der Waals surface area contributed by atoms with Crippen molar-refractivity contribution in [3.05, 3.63) is 68.6 Å². The van der Waals surface area contributed by atoms with E-state index in [1.54, 1.807) is 25.1 Å². The van der Waals surface area contributed by atoms with Gasteiger partial charge in [-0.2, -0.15) is 5.26 Å². The molecule has 2 aromatic carbocycles. The molecule has 10 heteroatoms. The number of halogens is 2. The normalized spacial score (nSPS) is 16.6. The Balaban J connectivity index is 1.28. The van der Waals surface area contributed by atoms with Gasteiger partial charge in [0.15, 0.2) is 11.6 Å². The Morgan fingerprint density at radius 2 is 1.92 bits per heavy atom. The number of carbonyl (C=O) groups excluding carboxylic acids is 1. The summed E-state index contributed by atoms with van der Waals surface area (Å²) in [6.45, 7) is 4.06. The third-order valence-corrected chi connectivity index (χ3v) is 7.08. The van der Waals surface area contributed by atoms with Crippen molar-refractivity contribution in [2.75, 3.05) is 31.1 Å². The molecule has 1 saturated heterocycles. The first-order chi connectivity index (χ1) is 17.4. The molecule has 186 valence electrons. The molecule has 1 aliphatic heterocycles. The fraction of sp³-hybridized carbons (Fsp3) is 0.385. The standard InChI is InChI=1S/C26H26F2N6O2/c1-15-25(35)32-24-20(30-15)7-5-16(22(24)27)14-33-9-11-34(12-10-33)21-8-6-18(23(28)19(21)13-29)26(36)31-17-3-2-4-17/h5-8,17H,2-4,9-12,14H2,1H3,(H,31,36)(H,32,35). The summed E-state index contributed by atoms with van der Waals surface area (Å²) >= 11 is 0. The van der Waals surface area contributed by atoms with Crippen LogP contribution in [0.5, 0.6) is 0 Å². The van der Waals surface area contributed by atoms with Gasteiger partial charge in [-0.1, -0.05) is 6.07 Å². The van der Waals surface area contributed by atoms with Crippen molar-refractivity contribution in [2.24, 2.45) is 0 Å². The average Bonchev–Trinajstić information content (AvgIpc) is 2.84. The van der Waals surface area contributed by atoms with Crippen molar-refractivity contribution >= 4 is 22.6 Å². The molecule has 1 amide bonds. The van der Waals surface area contributed by atoms with E-state index in [1.807, 2.05) is 11.0 Å². The maximum Gasteiger partial charge on any atom is 0.269 e. The van der Waals surface area contributed by atoms with Gasteiger partial charge in [-0.25, -0.2) is 13.8 Å². The SMILES string of the molecule is Cc1nc2ccc(CN3CCN(c4ccc(C(=O)NC5CCC5)c(F)c4C#N)CC3)c(F)c2[nH]c1=O. The minimum atomic E-state index is -0.801. The number of nitrogens with one attached hydrogen (secondary N) is 2. The monoisotopic (exact) mass is 492 g/mol. The number of hydrogen-bond donors (Lipinski definition) is 2. The Bertz CT molecular complexity index is 1440. The molecule has 0 spiro atoms. The van der Waals surface area contributed by atoms with Gasteiger partial charge in [0, 0.05) is 44.3 Å². The van der Waals surface area contributed by atoms with Crippen LogP contribution in [-0.4, -0.2) is 53.0 Å². The van der Waals surface area contributed by atoms with Crippen molar-refractivity contribution < 1.29 is 13.6 Å². The molecule has 0 bridgehead atoms. The van der Waals surface area contributed by atoms with Crippen LogP contribution in [0.15, 0.2) is 29.1 Å². The van der Waals surface area contributed by atoms with E-state index in [-0.39, 0.29) is 28.4 Å². The molecular formula is C26H26F2N6O2. The number of aromatic nitrogens is 2. The van der Waals surface area contributed by atoms with Crippen LogP contribution in [0.3, 0.4) is 0 Å². The van der Waals surface area contributed by atoms with Crippen LogP contribution in [0.2, 0.25) is 0 Å². The second-order valence-electron chi connectivity index (χ2n) is 9.38. The summed E-state index contributed by atoms with van der Waals surface area (Å²) in [5, 5.41) is 12.5. The van der Waals surface area contributed by atoms with Crippen LogP contribution in [-0.2, 0) is 6.54 Å². The zero-order chi connectivity index (χ0) is 25.4. The van der Waals surface area contributed by atoms with Crippen LogP contribution in [0, 0.1) is 29.9 Å². The molecule has 2 aliphatic rings. The summed E-state index contributed by atoms with van der Waals surface area (Å²) in [6.07, 6.45) is 2.82. The van der Waals surface area contributed by atoms with E-state index >= 15 is 8.78 Å². The highest BCUT2D eigenvalue weighted by Gasteiger charge is 2.27. The lowest BCUT2D eigenvalue weighted by Gasteiger charge is -2.36. The Labute approximate surface area is 206 Å². The van der Waals surface area contributed by atoms with Gasteiger partial charge in [0.05, 0.1) is 16.8 Å². The summed E-state index contributed by atoms with van der Waals surface area (Å²) in [5.74, 6) is -1.79. The Morgan fingerprint density at radius 1 is 1.17 bits per heavy atom. The quantitative estimate of drug-likeness (QED) is 0.568. The summed E-state index contributed by atoms with van der Waals surface area (Å²) in [5.41, 5.74) is 0.998. The Hall–Kier alpha value is -3.84. The molecule has 3 aromatic rings. The molecule has 2 fully saturated rings. The predicted molar refractivity (Wildman–Crippen MR) is 131 cm³/mol. The highest BCUT2D eigenvalue weighted by molar-refractivity contribution is 5.96. The third-order valence-electron chi connectivity index (χ3n) is 7.08. The maximum atomic E-state index is 15.1. The minimum Gasteiger partial charge on any atom is -0.368 e. The van der Waals surface area contributed by atoms with Gasteiger partial charge in [-0.05, 0) is 44.4 Å². The second-order valence-corrected chi connectivity index (χ2v) is 9.38. The van der Waals surface area contributed by atoms with E-state index in [0.717, 1.165) is 19.3 Å². The van der Waals surface area contributed by atoms with Crippen molar-refractivity contribution in [1.29, 1.82) is 5.26 Å². The summed E-state index contributed by atoms with van der Waals surface area (Å²) in [7, 11) is 0. The van der Waals surface area contributed by atoms with Gasteiger partial charge in [0.25, 0.3) is 11.5 Å². The first-order valence-electron chi connectivity index (χ1n) is 12.0. The molecular weight excluding hydrogens is 466 g/mol. The number of piperazine rings is 1. The number of aromatic amines is 1. The van der Waals surface area contributed by atoms with E-state index < -0.39 is 23.1 Å². The first kappa shape index (κ1) is 23.9. The maximum absolute atomic E-state index is 15.1. The molecule has 2 heterocycles. The van der Waals surface area contributed by atoms with Crippen molar-refractivity contribution in [2.45, 2.75) is 38.8 Å². The highest BCUT2D eigenvalue weighted by atomic mass is 19.1. The number of amides is 1. The lowest BCUT2D eigenvalue weighted by molar-refractivity contribution is 0.0913. The topological polar surface area (TPSA) is 105 Å². The Morgan fingerprint density at radius 3 is 2.58 bits per heavy atom. The van der Waals surface area contributed by atoms with Crippen LogP contribution >= 0.6 is 0 Å². The molecule has 1 aromatic heterocycles. The molecule has 5 rings (SSSR count). The van der Waals surface area contributed by atoms with Crippen LogP contribution in [0.4, 0.5) is 14.5 Å². The van der Waals surface area contributed by atoms with Gasteiger partial charge in [-0.15, -0.1) is 0 Å². The smallest absolute Gasteiger partial charge is 0.269 e. The lowest BCUT2D eigenvalue weighted by Crippen LogP contribution is -2.46. The number of benzene rings is 2. The number of H-pyrrole nitrogens is 1. The van der Waals surface area contributed by atoms with Crippen LogP contribution in [0.25, 0.3) is 11.0 Å². The van der Waals surface area contributed by atoms with E-state index in [4.69, 9.17) is 0 Å². The predicted octanol–water partition coefficient (Wildman–Crippen LogP) is 2.99. The molecule has 0 unspecified atom stereocenters. The zero-order valence-corrected chi connectivity index (χ0v) is 19.9. The lowest BCUT2D eigenvalue weighted by atomic mass is 9.93. The Kier molecular flexibility index (Phi) is 6.41. The molecule has 1 aliphatic carbocycles. The number of aryl methyl sites for hydroxylation is 1. The number of nitrogens with zero attached hydrogens (tertiary/aromatic N) is 4.